The second-order valence-electron chi connectivity index (χ2n) is 8.25. The van der Waals surface area contributed by atoms with Gasteiger partial charge in [-0.1, -0.05) is 0 Å². The molecule has 178 valence electrons. The summed E-state index contributed by atoms with van der Waals surface area (Å²) in [6.45, 7) is 5.68. The summed E-state index contributed by atoms with van der Waals surface area (Å²) in [5.74, 6) is 1.71. The van der Waals surface area contributed by atoms with Crippen molar-refractivity contribution in [1.29, 1.82) is 0 Å². The highest BCUT2D eigenvalue weighted by Gasteiger charge is 2.33. The second kappa shape index (κ2) is 12.0. The van der Waals surface area contributed by atoms with Crippen molar-refractivity contribution in [3.8, 4) is 11.5 Å². The van der Waals surface area contributed by atoms with Crippen LogP contribution in [-0.2, 0) is 14.3 Å². The SMILES string of the molecule is COCCNC(=O)CN1CCN(CC(=O)N2CCCC2c2cc(OC)ccc2OC)CC1. The van der Waals surface area contributed by atoms with E-state index in [1.54, 1.807) is 21.3 Å². The monoisotopic (exact) mass is 448 g/mol. The van der Waals surface area contributed by atoms with Gasteiger partial charge in [-0.2, -0.15) is 0 Å². The van der Waals surface area contributed by atoms with Crippen LogP contribution in [0.15, 0.2) is 18.2 Å². The molecule has 0 aliphatic carbocycles. The van der Waals surface area contributed by atoms with E-state index in [-0.39, 0.29) is 17.9 Å². The molecule has 32 heavy (non-hydrogen) atoms. The average Bonchev–Trinajstić information content (AvgIpc) is 3.30. The van der Waals surface area contributed by atoms with Crippen LogP contribution >= 0.6 is 0 Å². The number of amides is 2. The van der Waals surface area contributed by atoms with E-state index >= 15 is 0 Å². The summed E-state index contributed by atoms with van der Waals surface area (Å²) >= 11 is 0. The van der Waals surface area contributed by atoms with Crippen molar-refractivity contribution < 1.29 is 23.8 Å². The number of carbonyl (C=O) groups excluding carboxylic acids is 2. The van der Waals surface area contributed by atoms with E-state index in [2.05, 4.69) is 15.1 Å². The molecule has 2 saturated heterocycles. The fourth-order valence-electron chi connectivity index (χ4n) is 4.43. The maximum atomic E-state index is 13.2. The van der Waals surface area contributed by atoms with E-state index < -0.39 is 0 Å². The molecule has 0 spiro atoms. The molecule has 0 radical (unpaired) electrons. The first-order chi connectivity index (χ1) is 15.5. The van der Waals surface area contributed by atoms with Crippen LogP contribution in [-0.4, -0.2) is 107 Å². The Morgan fingerprint density at radius 2 is 1.72 bits per heavy atom. The number of nitrogens with one attached hydrogen (secondary N) is 1. The van der Waals surface area contributed by atoms with Crippen LogP contribution in [0, 0.1) is 0 Å². The molecule has 0 bridgehead atoms. The van der Waals surface area contributed by atoms with Gasteiger partial charge in [-0.25, -0.2) is 0 Å². The standard InChI is InChI=1S/C23H36N4O5/c1-30-14-8-24-22(28)16-25-10-12-26(13-11-25)17-23(29)27-9-4-5-20(27)19-15-18(31-2)6-7-21(19)32-3/h6-7,15,20H,4-5,8-14,16-17H2,1-3H3,(H,24,28). The van der Waals surface area contributed by atoms with E-state index in [9.17, 15) is 9.59 Å². The Kier molecular flexibility index (Phi) is 9.13. The van der Waals surface area contributed by atoms with Crippen molar-refractivity contribution in [2.24, 2.45) is 0 Å². The molecule has 2 heterocycles. The van der Waals surface area contributed by atoms with Gasteiger partial charge < -0.3 is 24.4 Å². The third kappa shape index (κ3) is 6.34. The Hall–Kier alpha value is -2.36. The molecule has 1 unspecified atom stereocenters. The topological polar surface area (TPSA) is 83.6 Å². The van der Waals surface area contributed by atoms with E-state index in [1.165, 1.54) is 0 Å². The molecular weight excluding hydrogens is 412 g/mol. The van der Waals surface area contributed by atoms with Gasteiger partial charge in [-0.3, -0.25) is 19.4 Å². The van der Waals surface area contributed by atoms with Gasteiger partial charge in [0.05, 0.1) is 40.0 Å². The molecule has 2 aliphatic rings. The minimum absolute atomic E-state index is 0.00429. The Bertz CT molecular complexity index is 767. The number of ether oxygens (including phenoxy) is 3. The number of rotatable bonds is 10. The van der Waals surface area contributed by atoms with Gasteiger partial charge >= 0.3 is 0 Å². The van der Waals surface area contributed by atoms with Crippen molar-refractivity contribution in [2.45, 2.75) is 18.9 Å². The summed E-state index contributed by atoms with van der Waals surface area (Å²) in [6.07, 6.45) is 1.89. The average molecular weight is 449 g/mol. The first kappa shape index (κ1) is 24.3. The summed E-state index contributed by atoms with van der Waals surface area (Å²) < 4.78 is 15.9. The molecule has 1 N–H and O–H groups in total. The van der Waals surface area contributed by atoms with Crippen LogP contribution in [0.1, 0.15) is 24.4 Å². The van der Waals surface area contributed by atoms with Crippen LogP contribution in [0.25, 0.3) is 0 Å². The highest BCUT2D eigenvalue weighted by atomic mass is 16.5. The number of nitrogens with zero attached hydrogens (tertiary/aromatic N) is 3. The van der Waals surface area contributed by atoms with Crippen LogP contribution in [0.2, 0.25) is 0 Å². The van der Waals surface area contributed by atoms with Gasteiger partial charge in [-0.15, -0.1) is 0 Å². The Balaban J connectivity index is 1.51. The maximum absolute atomic E-state index is 13.2. The van der Waals surface area contributed by atoms with Gasteiger partial charge in [0.15, 0.2) is 0 Å². The van der Waals surface area contributed by atoms with E-state index in [0.717, 1.165) is 62.6 Å². The smallest absolute Gasteiger partial charge is 0.237 e. The molecule has 2 amide bonds. The highest BCUT2D eigenvalue weighted by Crippen LogP contribution is 2.39. The number of hydrogen-bond donors (Lipinski definition) is 1. The zero-order valence-corrected chi connectivity index (χ0v) is 19.5. The van der Waals surface area contributed by atoms with Crippen LogP contribution in [0.3, 0.4) is 0 Å². The summed E-state index contributed by atoms with van der Waals surface area (Å²) in [6, 6.07) is 5.76. The third-order valence-electron chi connectivity index (χ3n) is 6.19. The number of hydrogen-bond acceptors (Lipinski definition) is 7. The Morgan fingerprint density at radius 1 is 1.00 bits per heavy atom. The number of methoxy groups -OCH3 is 3. The molecule has 3 rings (SSSR count). The summed E-state index contributed by atoms with van der Waals surface area (Å²) in [5, 5.41) is 2.85. The van der Waals surface area contributed by atoms with Crippen molar-refractivity contribution in [1.82, 2.24) is 20.0 Å². The van der Waals surface area contributed by atoms with Gasteiger partial charge in [-0.05, 0) is 31.0 Å². The minimum atomic E-state index is 0.00429. The highest BCUT2D eigenvalue weighted by molar-refractivity contribution is 5.79. The van der Waals surface area contributed by atoms with E-state index in [1.807, 2.05) is 23.1 Å². The minimum Gasteiger partial charge on any atom is -0.497 e. The first-order valence-electron chi connectivity index (χ1n) is 11.3. The predicted octanol–water partition coefficient (Wildman–Crippen LogP) is 0.748. The number of likely N-dealkylation sites (tertiary alicyclic amines) is 1. The second-order valence-corrected chi connectivity index (χ2v) is 8.25. The largest absolute Gasteiger partial charge is 0.497 e. The molecule has 2 aliphatic heterocycles. The molecule has 0 saturated carbocycles. The first-order valence-corrected chi connectivity index (χ1v) is 11.3. The van der Waals surface area contributed by atoms with Gasteiger partial charge in [0.25, 0.3) is 0 Å². The molecule has 9 heteroatoms. The maximum Gasteiger partial charge on any atom is 0.237 e. The lowest BCUT2D eigenvalue weighted by Crippen LogP contribution is -2.52. The fourth-order valence-corrected chi connectivity index (χ4v) is 4.43. The zero-order chi connectivity index (χ0) is 22.9. The van der Waals surface area contributed by atoms with Gasteiger partial charge in [0.2, 0.25) is 11.8 Å². The Labute approximate surface area is 190 Å². The molecular formula is C23H36N4O5. The van der Waals surface area contributed by atoms with Crippen molar-refractivity contribution >= 4 is 11.8 Å². The quantitative estimate of drug-likeness (QED) is 0.529. The Morgan fingerprint density at radius 3 is 2.38 bits per heavy atom. The predicted molar refractivity (Wildman–Crippen MR) is 121 cm³/mol. The lowest BCUT2D eigenvalue weighted by molar-refractivity contribution is -0.134. The molecule has 9 nitrogen and oxygen atoms in total. The normalized spacial score (nSPS) is 19.7. The molecule has 2 fully saturated rings. The summed E-state index contributed by atoms with van der Waals surface area (Å²) in [5.41, 5.74) is 1.00. The van der Waals surface area contributed by atoms with Crippen molar-refractivity contribution in [2.75, 3.05) is 80.3 Å². The van der Waals surface area contributed by atoms with Crippen LogP contribution in [0.5, 0.6) is 11.5 Å². The lowest BCUT2D eigenvalue weighted by atomic mass is 10.0. The summed E-state index contributed by atoms with van der Waals surface area (Å²) in [4.78, 5) is 31.5. The molecule has 1 aromatic carbocycles. The third-order valence-corrected chi connectivity index (χ3v) is 6.19. The number of carbonyl (C=O) groups is 2. The molecule has 0 aromatic heterocycles. The number of piperazine rings is 1. The lowest BCUT2D eigenvalue weighted by Gasteiger charge is -2.35. The number of benzene rings is 1. The zero-order valence-electron chi connectivity index (χ0n) is 19.5. The van der Waals surface area contributed by atoms with Crippen LogP contribution < -0.4 is 14.8 Å². The molecule has 1 aromatic rings. The fraction of sp³-hybridized carbons (Fsp3) is 0.652. The van der Waals surface area contributed by atoms with E-state index in [4.69, 9.17) is 14.2 Å². The van der Waals surface area contributed by atoms with Crippen molar-refractivity contribution in [3.05, 3.63) is 23.8 Å². The van der Waals surface area contributed by atoms with Gasteiger partial charge in [0.1, 0.15) is 11.5 Å². The van der Waals surface area contributed by atoms with E-state index in [0.29, 0.717) is 26.2 Å². The van der Waals surface area contributed by atoms with Gasteiger partial charge in [0, 0.05) is 51.9 Å². The van der Waals surface area contributed by atoms with Crippen molar-refractivity contribution in [3.63, 3.8) is 0 Å². The van der Waals surface area contributed by atoms with Crippen LogP contribution in [0.4, 0.5) is 0 Å². The summed E-state index contributed by atoms with van der Waals surface area (Å²) in [7, 11) is 4.92. The molecule has 1 atom stereocenters.